The summed E-state index contributed by atoms with van der Waals surface area (Å²) in [5.74, 6) is 1.17. The molecule has 1 amide bonds. The lowest BCUT2D eigenvalue weighted by molar-refractivity contribution is -0.116. The minimum Gasteiger partial charge on any atom is -0.492 e. The molecular weight excluding hydrogens is 352 g/mol. The molecule has 7 nitrogen and oxygen atoms in total. The lowest BCUT2D eigenvalue weighted by atomic mass is 10.2. The first kappa shape index (κ1) is 18.9. The lowest BCUT2D eigenvalue weighted by Crippen LogP contribution is -2.46. The van der Waals surface area contributed by atoms with Gasteiger partial charge >= 0.3 is 0 Å². The van der Waals surface area contributed by atoms with Gasteiger partial charge in [-0.2, -0.15) is 5.10 Å². The van der Waals surface area contributed by atoms with E-state index in [0.717, 1.165) is 30.9 Å². The van der Waals surface area contributed by atoms with Gasteiger partial charge in [0.25, 0.3) is 0 Å². The molecule has 26 heavy (non-hydrogen) atoms. The van der Waals surface area contributed by atoms with Gasteiger partial charge in [0, 0.05) is 19.6 Å². The van der Waals surface area contributed by atoms with Gasteiger partial charge < -0.3 is 14.8 Å². The molecule has 2 heterocycles. The van der Waals surface area contributed by atoms with Gasteiger partial charge in [0.1, 0.15) is 12.4 Å². The molecule has 2 aliphatic rings. The van der Waals surface area contributed by atoms with Crippen LogP contribution in [0.2, 0.25) is 0 Å². The molecule has 2 atom stereocenters. The van der Waals surface area contributed by atoms with E-state index in [1.54, 1.807) is 6.21 Å². The first-order valence-electron chi connectivity index (χ1n) is 8.73. The summed E-state index contributed by atoms with van der Waals surface area (Å²) >= 11 is 1.35. The number of nitrogens with one attached hydrogen (secondary N) is 1. The maximum Gasteiger partial charge on any atom is 0.236 e. The summed E-state index contributed by atoms with van der Waals surface area (Å²) in [5, 5.41) is 11.2. The number of hydrogen-bond donors (Lipinski definition) is 1. The monoisotopic (exact) mass is 376 g/mol. The number of nitrogens with zero attached hydrogens (tertiary/aromatic N) is 3. The number of carbonyl (C=O) groups is 1. The summed E-state index contributed by atoms with van der Waals surface area (Å²) in [7, 11) is 0. The Balaban J connectivity index is 1.47. The van der Waals surface area contributed by atoms with E-state index in [2.05, 4.69) is 34.3 Å². The van der Waals surface area contributed by atoms with E-state index in [0.29, 0.717) is 17.5 Å². The molecule has 1 N–H and O–H groups in total. The quantitative estimate of drug-likeness (QED) is 0.604. The maximum atomic E-state index is 11.1. The van der Waals surface area contributed by atoms with Crippen molar-refractivity contribution in [1.82, 2.24) is 10.2 Å². The molecule has 2 fully saturated rings. The average Bonchev–Trinajstić information content (AvgIpc) is 3.00. The second-order valence-electron chi connectivity index (χ2n) is 6.42. The SMILES string of the molecule is CC1CN(CCOc2cccc(C=NN=C3NC(=O)CS3)c2)CC(C)O1. The Labute approximate surface area is 157 Å². The summed E-state index contributed by atoms with van der Waals surface area (Å²) in [6.07, 6.45) is 2.18. The van der Waals surface area contributed by atoms with Crippen LogP contribution in [0.4, 0.5) is 0 Å². The minimum absolute atomic E-state index is 0.0385. The van der Waals surface area contributed by atoms with E-state index in [4.69, 9.17) is 9.47 Å². The molecule has 0 saturated carbocycles. The van der Waals surface area contributed by atoms with E-state index in [-0.39, 0.29) is 18.1 Å². The highest BCUT2D eigenvalue weighted by molar-refractivity contribution is 8.15. The third-order valence-corrected chi connectivity index (χ3v) is 4.83. The molecule has 2 saturated heterocycles. The van der Waals surface area contributed by atoms with Gasteiger partial charge in [0.15, 0.2) is 5.17 Å². The Morgan fingerprint density at radius 1 is 1.38 bits per heavy atom. The molecular formula is C18H24N4O3S. The molecule has 0 spiro atoms. The minimum atomic E-state index is -0.0385. The summed E-state index contributed by atoms with van der Waals surface area (Å²) in [5.41, 5.74) is 0.898. The van der Waals surface area contributed by atoms with Crippen LogP contribution in [0, 0.1) is 0 Å². The fourth-order valence-electron chi connectivity index (χ4n) is 2.97. The molecule has 0 aliphatic carbocycles. The third kappa shape index (κ3) is 5.82. The number of rotatable bonds is 6. The van der Waals surface area contributed by atoms with Crippen LogP contribution in [0.1, 0.15) is 19.4 Å². The second kappa shape index (κ2) is 9.16. The van der Waals surface area contributed by atoms with Crippen LogP contribution >= 0.6 is 11.8 Å². The normalized spacial score (nSPS) is 25.8. The molecule has 0 bridgehead atoms. The molecule has 3 rings (SSSR count). The zero-order chi connectivity index (χ0) is 18.4. The highest BCUT2D eigenvalue weighted by atomic mass is 32.2. The van der Waals surface area contributed by atoms with Crippen molar-refractivity contribution in [1.29, 1.82) is 0 Å². The molecule has 1 aromatic rings. The number of carbonyl (C=O) groups excluding carboxylic acids is 1. The van der Waals surface area contributed by atoms with Crippen molar-refractivity contribution in [3.63, 3.8) is 0 Å². The van der Waals surface area contributed by atoms with Crippen LogP contribution in [0.25, 0.3) is 0 Å². The molecule has 1 aromatic carbocycles. The van der Waals surface area contributed by atoms with Crippen LogP contribution in [0.15, 0.2) is 34.5 Å². The van der Waals surface area contributed by atoms with Gasteiger partial charge in [-0.3, -0.25) is 9.69 Å². The van der Waals surface area contributed by atoms with Crippen LogP contribution < -0.4 is 10.1 Å². The number of amidine groups is 1. The molecule has 8 heteroatoms. The Bertz CT molecular complexity index is 685. The van der Waals surface area contributed by atoms with Crippen LogP contribution in [0.5, 0.6) is 5.75 Å². The Kier molecular flexibility index (Phi) is 6.65. The predicted octanol–water partition coefficient (Wildman–Crippen LogP) is 1.73. The van der Waals surface area contributed by atoms with Crippen molar-refractivity contribution in [2.45, 2.75) is 26.1 Å². The van der Waals surface area contributed by atoms with E-state index in [9.17, 15) is 4.79 Å². The van der Waals surface area contributed by atoms with E-state index < -0.39 is 0 Å². The standard InChI is InChI=1S/C18H24N4O3S/c1-13-10-22(11-14(2)25-13)6-7-24-16-5-3-4-15(8-16)9-19-21-18-20-17(23)12-26-18/h3-5,8-9,13-14H,6-7,10-12H2,1-2H3,(H,20,21,23). The highest BCUT2D eigenvalue weighted by Gasteiger charge is 2.21. The molecule has 2 unspecified atom stereocenters. The maximum absolute atomic E-state index is 11.1. The summed E-state index contributed by atoms with van der Waals surface area (Å²) in [6.45, 7) is 7.59. The van der Waals surface area contributed by atoms with Crippen molar-refractivity contribution < 1.29 is 14.3 Å². The number of amides is 1. The van der Waals surface area contributed by atoms with Crippen LogP contribution in [0.3, 0.4) is 0 Å². The van der Waals surface area contributed by atoms with Gasteiger partial charge in [-0.25, -0.2) is 0 Å². The summed E-state index contributed by atoms with van der Waals surface area (Å²) in [4.78, 5) is 13.5. The molecule has 140 valence electrons. The Morgan fingerprint density at radius 3 is 2.92 bits per heavy atom. The fourth-order valence-corrected chi connectivity index (χ4v) is 3.60. The van der Waals surface area contributed by atoms with E-state index in [1.165, 1.54) is 11.8 Å². The molecule has 0 aromatic heterocycles. The van der Waals surface area contributed by atoms with Crippen molar-refractivity contribution in [2.24, 2.45) is 10.2 Å². The number of thioether (sulfide) groups is 1. The summed E-state index contributed by atoms with van der Waals surface area (Å²) in [6, 6.07) is 7.71. The largest absolute Gasteiger partial charge is 0.492 e. The Hall–Kier alpha value is -1.90. The number of hydrogen-bond acceptors (Lipinski definition) is 7. The smallest absolute Gasteiger partial charge is 0.236 e. The van der Waals surface area contributed by atoms with Crippen molar-refractivity contribution in [3.05, 3.63) is 29.8 Å². The first-order chi connectivity index (χ1) is 12.6. The van der Waals surface area contributed by atoms with Crippen molar-refractivity contribution >= 4 is 29.1 Å². The van der Waals surface area contributed by atoms with Gasteiger partial charge in [-0.15, -0.1) is 5.10 Å². The number of benzene rings is 1. The van der Waals surface area contributed by atoms with Crippen LogP contribution in [-0.4, -0.2) is 66.4 Å². The van der Waals surface area contributed by atoms with Gasteiger partial charge in [0.2, 0.25) is 5.91 Å². The molecule has 0 radical (unpaired) electrons. The van der Waals surface area contributed by atoms with Crippen LogP contribution in [-0.2, 0) is 9.53 Å². The zero-order valence-corrected chi connectivity index (χ0v) is 15.9. The summed E-state index contributed by atoms with van der Waals surface area (Å²) < 4.78 is 11.6. The van der Waals surface area contributed by atoms with Crippen molar-refractivity contribution in [3.8, 4) is 5.75 Å². The van der Waals surface area contributed by atoms with E-state index >= 15 is 0 Å². The third-order valence-electron chi connectivity index (χ3n) is 3.97. The fraction of sp³-hybridized carbons (Fsp3) is 0.500. The Morgan fingerprint density at radius 2 is 2.19 bits per heavy atom. The predicted molar refractivity (Wildman–Crippen MR) is 104 cm³/mol. The highest BCUT2D eigenvalue weighted by Crippen LogP contribution is 2.14. The number of morpholine rings is 1. The van der Waals surface area contributed by atoms with Gasteiger partial charge in [0.05, 0.1) is 24.2 Å². The van der Waals surface area contributed by atoms with E-state index in [1.807, 2.05) is 24.3 Å². The number of ether oxygens (including phenoxy) is 2. The van der Waals surface area contributed by atoms with Crippen molar-refractivity contribution in [2.75, 3.05) is 32.0 Å². The zero-order valence-electron chi connectivity index (χ0n) is 15.1. The van der Waals surface area contributed by atoms with Gasteiger partial charge in [-0.05, 0) is 31.5 Å². The average molecular weight is 376 g/mol. The van der Waals surface area contributed by atoms with Gasteiger partial charge in [-0.1, -0.05) is 23.9 Å². The first-order valence-corrected chi connectivity index (χ1v) is 9.71. The second-order valence-corrected chi connectivity index (χ2v) is 7.39. The topological polar surface area (TPSA) is 75.5 Å². The lowest BCUT2D eigenvalue weighted by Gasteiger charge is -2.35. The molecule has 2 aliphatic heterocycles.